The molecule has 1 saturated heterocycles. The molecule has 24 heavy (non-hydrogen) atoms. The Morgan fingerprint density at radius 1 is 1.00 bits per heavy atom. The second-order valence-corrected chi connectivity index (χ2v) is 10.4. The Morgan fingerprint density at radius 2 is 1.71 bits per heavy atom. The van der Waals surface area contributed by atoms with Crippen LogP contribution in [0.25, 0.3) is 0 Å². The lowest BCUT2D eigenvalue weighted by Crippen LogP contribution is -2.56. The summed E-state index contributed by atoms with van der Waals surface area (Å²) in [5, 5.41) is 0. The average molecular weight is 332 g/mol. The SMILES string of the molecule is CCC(CC)C1CCN(C)C2CC3(CC3)CC3CCCCC1[C@]32C. The molecule has 0 aromatic carbocycles. The minimum Gasteiger partial charge on any atom is -0.303 e. The van der Waals surface area contributed by atoms with E-state index in [1.54, 1.807) is 19.3 Å². The first-order chi connectivity index (χ1) is 11.5. The van der Waals surface area contributed by atoms with Crippen molar-refractivity contribution in [3.05, 3.63) is 0 Å². The molecule has 0 aromatic heterocycles. The van der Waals surface area contributed by atoms with E-state index < -0.39 is 0 Å². The lowest BCUT2D eigenvalue weighted by molar-refractivity contribution is -0.0712. The van der Waals surface area contributed by atoms with Crippen LogP contribution in [-0.2, 0) is 0 Å². The van der Waals surface area contributed by atoms with Crippen LogP contribution in [0, 0.1) is 34.5 Å². The number of hydrogen-bond acceptors (Lipinski definition) is 1. The van der Waals surface area contributed by atoms with Crippen molar-refractivity contribution < 1.29 is 0 Å². The van der Waals surface area contributed by atoms with E-state index in [1.807, 2.05) is 0 Å². The molecular formula is C23H41N. The second kappa shape index (κ2) is 6.29. The van der Waals surface area contributed by atoms with Gasteiger partial charge in [-0.1, -0.05) is 46.5 Å². The molecule has 1 heteroatoms. The van der Waals surface area contributed by atoms with E-state index in [9.17, 15) is 0 Å². The molecule has 0 bridgehead atoms. The van der Waals surface area contributed by atoms with Gasteiger partial charge in [0.25, 0.3) is 0 Å². The predicted molar refractivity (Wildman–Crippen MR) is 103 cm³/mol. The molecule has 1 nitrogen and oxygen atoms in total. The van der Waals surface area contributed by atoms with E-state index in [0.717, 1.165) is 35.1 Å². The Labute approximate surface area is 151 Å². The molecule has 0 radical (unpaired) electrons. The van der Waals surface area contributed by atoms with Gasteiger partial charge in [0.15, 0.2) is 0 Å². The molecule has 138 valence electrons. The van der Waals surface area contributed by atoms with Crippen LogP contribution in [0.4, 0.5) is 0 Å². The van der Waals surface area contributed by atoms with Gasteiger partial charge < -0.3 is 4.90 Å². The Hall–Kier alpha value is -0.0400. The maximum Gasteiger partial charge on any atom is 0.0157 e. The summed E-state index contributed by atoms with van der Waals surface area (Å²) in [7, 11) is 2.48. The zero-order valence-corrected chi connectivity index (χ0v) is 16.8. The first-order valence-electron chi connectivity index (χ1n) is 11.2. The fourth-order valence-corrected chi connectivity index (χ4v) is 7.82. The minimum atomic E-state index is 0.600. The number of hydrogen-bond donors (Lipinski definition) is 0. The van der Waals surface area contributed by atoms with E-state index in [0.29, 0.717) is 5.41 Å². The van der Waals surface area contributed by atoms with Gasteiger partial charge in [0.1, 0.15) is 0 Å². The highest BCUT2D eigenvalue weighted by atomic mass is 15.2. The van der Waals surface area contributed by atoms with Crippen LogP contribution in [-0.4, -0.2) is 24.5 Å². The quantitative estimate of drug-likeness (QED) is 0.601. The van der Waals surface area contributed by atoms with Crippen molar-refractivity contribution in [2.24, 2.45) is 34.5 Å². The minimum absolute atomic E-state index is 0.600. The average Bonchev–Trinajstić information content (AvgIpc) is 3.36. The van der Waals surface area contributed by atoms with Crippen LogP contribution in [0.3, 0.4) is 0 Å². The van der Waals surface area contributed by atoms with Gasteiger partial charge in [-0.15, -0.1) is 0 Å². The van der Waals surface area contributed by atoms with E-state index in [1.165, 1.54) is 57.9 Å². The summed E-state index contributed by atoms with van der Waals surface area (Å²) >= 11 is 0. The molecule has 0 aromatic rings. The third-order valence-electron chi connectivity index (χ3n) is 9.50. The first-order valence-corrected chi connectivity index (χ1v) is 11.2. The van der Waals surface area contributed by atoms with E-state index in [2.05, 4.69) is 32.7 Å². The van der Waals surface area contributed by atoms with Crippen LogP contribution in [0.2, 0.25) is 0 Å². The number of nitrogens with zero attached hydrogens (tertiary/aromatic N) is 1. The van der Waals surface area contributed by atoms with Crippen molar-refractivity contribution in [3.63, 3.8) is 0 Å². The molecule has 1 spiro atoms. The molecule has 0 amide bonds. The molecule has 5 atom stereocenters. The molecule has 1 aliphatic heterocycles. The van der Waals surface area contributed by atoms with E-state index >= 15 is 0 Å². The van der Waals surface area contributed by atoms with Crippen molar-refractivity contribution in [3.8, 4) is 0 Å². The monoisotopic (exact) mass is 331 g/mol. The third-order valence-corrected chi connectivity index (χ3v) is 9.50. The van der Waals surface area contributed by atoms with Gasteiger partial charge in [0.2, 0.25) is 0 Å². The molecule has 0 N–H and O–H groups in total. The number of likely N-dealkylation sites (tertiary alicyclic amines) is 1. The summed E-state index contributed by atoms with van der Waals surface area (Å²) in [4.78, 5) is 2.84. The molecule has 4 unspecified atom stereocenters. The Bertz CT molecular complexity index is 449. The Balaban J connectivity index is 1.74. The van der Waals surface area contributed by atoms with Crippen LogP contribution in [0.1, 0.15) is 91.4 Å². The second-order valence-electron chi connectivity index (χ2n) is 10.4. The number of rotatable bonds is 3. The predicted octanol–water partition coefficient (Wildman–Crippen LogP) is 6.13. The molecule has 4 fully saturated rings. The van der Waals surface area contributed by atoms with Gasteiger partial charge in [0.05, 0.1) is 0 Å². The van der Waals surface area contributed by atoms with Crippen molar-refractivity contribution in [1.29, 1.82) is 0 Å². The largest absolute Gasteiger partial charge is 0.303 e. The first kappa shape index (κ1) is 17.4. The molecule has 3 saturated carbocycles. The fraction of sp³-hybridized carbons (Fsp3) is 1.00. The van der Waals surface area contributed by atoms with Gasteiger partial charge in [-0.3, -0.25) is 0 Å². The lowest BCUT2D eigenvalue weighted by atomic mass is 9.51. The van der Waals surface area contributed by atoms with Gasteiger partial charge in [-0.2, -0.15) is 0 Å². The molecule has 4 aliphatic rings. The van der Waals surface area contributed by atoms with Gasteiger partial charge in [0, 0.05) is 6.04 Å². The zero-order valence-electron chi connectivity index (χ0n) is 16.8. The summed E-state index contributed by atoms with van der Waals surface area (Å²) in [6, 6.07) is 0.876. The summed E-state index contributed by atoms with van der Waals surface area (Å²) in [6.07, 6.45) is 16.6. The van der Waals surface area contributed by atoms with Crippen LogP contribution < -0.4 is 0 Å². The molecule has 3 aliphatic carbocycles. The van der Waals surface area contributed by atoms with Gasteiger partial charge in [-0.25, -0.2) is 0 Å². The Morgan fingerprint density at radius 3 is 2.38 bits per heavy atom. The third kappa shape index (κ3) is 2.60. The lowest BCUT2D eigenvalue weighted by Gasteiger charge is -2.56. The van der Waals surface area contributed by atoms with Gasteiger partial charge in [-0.05, 0) is 93.0 Å². The standard InChI is InChI=1S/C23H41N/c1-5-17(6-2)19-11-14-24(4)21-16-23(12-13-23)15-18-9-7-8-10-20(19)22(18,21)3/h17-21H,5-16H2,1-4H3/t18?,19?,20?,21?,22-/m0/s1. The maximum absolute atomic E-state index is 2.84. The van der Waals surface area contributed by atoms with Crippen molar-refractivity contribution in [2.75, 3.05) is 13.6 Å². The van der Waals surface area contributed by atoms with Crippen molar-refractivity contribution >= 4 is 0 Å². The molecular weight excluding hydrogens is 290 g/mol. The van der Waals surface area contributed by atoms with Crippen LogP contribution in [0.5, 0.6) is 0 Å². The smallest absolute Gasteiger partial charge is 0.0157 e. The summed E-state index contributed by atoms with van der Waals surface area (Å²) in [5.74, 6) is 3.98. The van der Waals surface area contributed by atoms with Gasteiger partial charge >= 0.3 is 0 Å². The molecule has 1 heterocycles. The topological polar surface area (TPSA) is 3.24 Å². The molecule has 4 rings (SSSR count). The summed E-state index contributed by atoms with van der Waals surface area (Å²) < 4.78 is 0. The van der Waals surface area contributed by atoms with E-state index in [-0.39, 0.29) is 0 Å². The zero-order chi connectivity index (χ0) is 16.9. The highest BCUT2D eigenvalue weighted by Gasteiger charge is 2.62. The highest BCUT2D eigenvalue weighted by molar-refractivity contribution is 5.13. The highest BCUT2D eigenvalue weighted by Crippen LogP contribution is 2.68. The maximum atomic E-state index is 2.84. The summed E-state index contributed by atoms with van der Waals surface area (Å²) in [5.41, 5.74) is 1.38. The fourth-order valence-electron chi connectivity index (χ4n) is 7.82. The van der Waals surface area contributed by atoms with E-state index in [4.69, 9.17) is 0 Å². The van der Waals surface area contributed by atoms with Crippen LogP contribution >= 0.6 is 0 Å². The van der Waals surface area contributed by atoms with Crippen LogP contribution in [0.15, 0.2) is 0 Å². The Kier molecular flexibility index (Phi) is 4.55. The van der Waals surface area contributed by atoms with Crippen molar-refractivity contribution in [2.45, 2.75) is 97.4 Å². The van der Waals surface area contributed by atoms with Crippen molar-refractivity contribution in [1.82, 2.24) is 4.90 Å². The normalized spacial score (nSPS) is 44.9. The summed E-state index contributed by atoms with van der Waals surface area (Å²) in [6.45, 7) is 9.04.